The van der Waals surface area contributed by atoms with E-state index in [-0.39, 0.29) is 0 Å². The van der Waals surface area contributed by atoms with Crippen LogP contribution in [0.2, 0.25) is 0 Å². The van der Waals surface area contributed by atoms with E-state index in [1.54, 1.807) is 0 Å². The molecule has 1 aromatic rings. The maximum absolute atomic E-state index is 5.51. The highest BCUT2D eigenvalue weighted by molar-refractivity contribution is 5.26. The first-order valence-electron chi connectivity index (χ1n) is 3.10. The van der Waals surface area contributed by atoms with Crippen LogP contribution in [0.1, 0.15) is 6.92 Å². The van der Waals surface area contributed by atoms with E-state index in [0.29, 0.717) is 5.95 Å². The Hall–Kier alpha value is -1.25. The number of imidazole rings is 1. The van der Waals surface area contributed by atoms with Crippen LogP contribution in [0.3, 0.4) is 0 Å². The number of nitrogen functional groups attached to an aromatic ring is 1. The summed E-state index contributed by atoms with van der Waals surface area (Å²) in [6, 6.07) is 0. The van der Waals surface area contributed by atoms with E-state index in [0.717, 1.165) is 10.7 Å². The molecule has 0 amide bonds. The van der Waals surface area contributed by atoms with Gasteiger partial charge < -0.3 is 10.3 Å². The highest BCUT2D eigenvalue weighted by Gasteiger charge is 1.94. The van der Waals surface area contributed by atoms with Gasteiger partial charge >= 0.3 is 0 Å². The molecule has 2 N–H and O–H groups in total. The zero-order valence-electron chi connectivity index (χ0n) is 6.26. The summed E-state index contributed by atoms with van der Waals surface area (Å²) in [5.74, 6) is 0.512. The van der Waals surface area contributed by atoms with Crippen molar-refractivity contribution in [2.75, 3.05) is 5.73 Å². The Labute approximate surface area is 59.5 Å². The summed E-state index contributed by atoms with van der Waals surface area (Å²) in [7, 11) is 1.87. The number of anilines is 1. The summed E-state index contributed by atoms with van der Waals surface area (Å²) >= 11 is 0. The molecule has 0 spiro atoms. The second kappa shape index (κ2) is 2.17. The molecule has 0 bridgehead atoms. The molecule has 0 aromatic carbocycles. The number of nitrogens with zero attached hydrogens (tertiary/aromatic N) is 2. The lowest BCUT2D eigenvalue weighted by molar-refractivity contribution is 0.895. The Kier molecular flexibility index (Phi) is 1.49. The molecule has 54 valence electrons. The van der Waals surface area contributed by atoms with Crippen LogP contribution in [-0.4, -0.2) is 9.55 Å². The van der Waals surface area contributed by atoms with Gasteiger partial charge in [0.15, 0.2) is 0 Å². The fraction of sp³-hybridized carbons (Fsp3) is 0.286. The minimum absolute atomic E-state index is 0.512. The molecule has 0 saturated heterocycles. The number of aromatic nitrogens is 2. The van der Waals surface area contributed by atoms with E-state index in [4.69, 9.17) is 5.73 Å². The van der Waals surface area contributed by atoms with Crippen LogP contribution < -0.4 is 16.4 Å². The van der Waals surface area contributed by atoms with Gasteiger partial charge in [0.2, 0.25) is 5.95 Å². The van der Waals surface area contributed by atoms with E-state index in [1.165, 1.54) is 0 Å². The van der Waals surface area contributed by atoms with Crippen molar-refractivity contribution in [3.8, 4) is 0 Å². The molecule has 1 rings (SSSR count). The molecule has 0 aliphatic heterocycles. The first-order valence-corrected chi connectivity index (χ1v) is 3.10. The van der Waals surface area contributed by atoms with Crippen LogP contribution in [0.4, 0.5) is 5.95 Å². The molecule has 0 aliphatic rings. The van der Waals surface area contributed by atoms with Crippen molar-refractivity contribution in [2.45, 2.75) is 6.92 Å². The molecule has 3 heteroatoms. The second-order valence-electron chi connectivity index (χ2n) is 2.15. The van der Waals surface area contributed by atoms with Gasteiger partial charge in [-0.1, -0.05) is 12.7 Å². The minimum atomic E-state index is 0.512. The summed E-state index contributed by atoms with van der Waals surface area (Å²) in [4.78, 5) is 3.98. The minimum Gasteiger partial charge on any atom is -0.369 e. The predicted molar refractivity (Wildman–Crippen MR) is 42.5 cm³/mol. The van der Waals surface area contributed by atoms with E-state index < -0.39 is 0 Å². The van der Waals surface area contributed by atoms with Crippen LogP contribution in [0.25, 0.3) is 12.7 Å². The van der Waals surface area contributed by atoms with E-state index >= 15 is 0 Å². The van der Waals surface area contributed by atoms with Crippen molar-refractivity contribution in [3.05, 3.63) is 10.7 Å². The van der Waals surface area contributed by atoms with Crippen molar-refractivity contribution >= 4 is 18.6 Å². The quantitative estimate of drug-likeness (QED) is 0.509. The fourth-order valence-corrected chi connectivity index (χ4v) is 0.948. The van der Waals surface area contributed by atoms with Crippen molar-refractivity contribution in [1.29, 1.82) is 0 Å². The Morgan fingerprint density at radius 3 is 2.50 bits per heavy atom. The van der Waals surface area contributed by atoms with Crippen LogP contribution in [-0.2, 0) is 7.05 Å². The molecule has 0 aliphatic carbocycles. The molecule has 3 nitrogen and oxygen atoms in total. The van der Waals surface area contributed by atoms with Gasteiger partial charge in [0.25, 0.3) is 0 Å². The third-order valence-electron chi connectivity index (χ3n) is 1.52. The van der Waals surface area contributed by atoms with Gasteiger partial charge in [-0.05, 0) is 6.92 Å². The molecule has 1 aromatic heterocycles. The topological polar surface area (TPSA) is 43.8 Å². The largest absolute Gasteiger partial charge is 0.369 e. The van der Waals surface area contributed by atoms with E-state index in [2.05, 4.69) is 11.6 Å². The zero-order chi connectivity index (χ0) is 7.72. The molecular formula is C7H11N3. The van der Waals surface area contributed by atoms with Crippen LogP contribution in [0, 0.1) is 0 Å². The van der Waals surface area contributed by atoms with Crippen molar-refractivity contribution in [2.24, 2.45) is 7.05 Å². The monoisotopic (exact) mass is 137 g/mol. The summed E-state index contributed by atoms with van der Waals surface area (Å²) < 4.78 is 1.81. The van der Waals surface area contributed by atoms with Crippen LogP contribution in [0.15, 0.2) is 0 Å². The summed E-state index contributed by atoms with van der Waals surface area (Å²) in [5, 5.41) is 1.72. The van der Waals surface area contributed by atoms with E-state index in [9.17, 15) is 0 Å². The van der Waals surface area contributed by atoms with Gasteiger partial charge in [0.05, 0.1) is 10.7 Å². The average molecular weight is 137 g/mol. The molecule has 0 fully saturated rings. The Balaban J connectivity index is 3.66. The predicted octanol–water partition coefficient (Wildman–Crippen LogP) is -0.787. The van der Waals surface area contributed by atoms with Gasteiger partial charge in [-0.15, -0.1) is 0 Å². The van der Waals surface area contributed by atoms with Crippen LogP contribution in [0.5, 0.6) is 0 Å². The Morgan fingerprint density at radius 2 is 2.30 bits per heavy atom. The molecule has 0 unspecified atom stereocenters. The van der Waals surface area contributed by atoms with Gasteiger partial charge in [-0.25, -0.2) is 4.98 Å². The first-order chi connectivity index (χ1) is 4.66. The molecular weight excluding hydrogens is 126 g/mol. The van der Waals surface area contributed by atoms with Gasteiger partial charge in [0.1, 0.15) is 0 Å². The Bertz CT molecular complexity index is 334. The van der Waals surface area contributed by atoms with Gasteiger partial charge in [0, 0.05) is 7.05 Å². The molecule has 1 heterocycles. The highest BCUT2D eigenvalue weighted by Crippen LogP contribution is 1.81. The maximum atomic E-state index is 5.51. The van der Waals surface area contributed by atoms with E-state index in [1.807, 2.05) is 24.6 Å². The third-order valence-corrected chi connectivity index (χ3v) is 1.52. The van der Waals surface area contributed by atoms with Crippen molar-refractivity contribution < 1.29 is 0 Å². The highest BCUT2D eigenvalue weighted by atomic mass is 15.1. The summed E-state index contributed by atoms with van der Waals surface area (Å²) in [6.07, 6.45) is 1.94. The third kappa shape index (κ3) is 0.795. The SMILES string of the molecule is C=c1nc(N)n(C)/c1=C/C. The number of hydrogen-bond donors (Lipinski definition) is 1. The molecule has 10 heavy (non-hydrogen) atoms. The summed E-state index contributed by atoms with van der Waals surface area (Å²) in [6.45, 7) is 5.67. The van der Waals surface area contributed by atoms with Crippen molar-refractivity contribution in [1.82, 2.24) is 9.55 Å². The smallest absolute Gasteiger partial charge is 0.200 e. The molecule has 0 saturated carbocycles. The molecule has 0 atom stereocenters. The van der Waals surface area contributed by atoms with Gasteiger partial charge in [-0.2, -0.15) is 0 Å². The van der Waals surface area contributed by atoms with Crippen molar-refractivity contribution in [3.63, 3.8) is 0 Å². The Morgan fingerprint density at radius 1 is 1.70 bits per heavy atom. The van der Waals surface area contributed by atoms with Crippen LogP contribution >= 0.6 is 0 Å². The second-order valence-corrected chi connectivity index (χ2v) is 2.15. The normalized spacial score (nSPS) is 12.4. The lowest BCUT2D eigenvalue weighted by Crippen LogP contribution is -2.26. The standard InChI is InChI=1S/C7H11N3/c1-4-6-5(2)9-7(8)10(6)3/h4H,2H2,1,3H3,(H2,8,9)/b6-4+. The lowest BCUT2D eigenvalue weighted by atomic mass is 10.5. The first kappa shape index (κ1) is 6.86. The molecule has 0 radical (unpaired) electrons. The van der Waals surface area contributed by atoms with Gasteiger partial charge in [-0.3, -0.25) is 0 Å². The zero-order valence-corrected chi connectivity index (χ0v) is 6.26. The maximum Gasteiger partial charge on any atom is 0.200 e. The summed E-state index contributed by atoms with van der Waals surface area (Å²) in [5.41, 5.74) is 5.51. The average Bonchev–Trinajstić information content (AvgIpc) is 2.09. The fourth-order valence-electron chi connectivity index (χ4n) is 0.948. The number of rotatable bonds is 0. The lowest BCUT2D eigenvalue weighted by Gasteiger charge is -1.90. The number of hydrogen-bond acceptors (Lipinski definition) is 2. The number of nitrogens with two attached hydrogens (primary N) is 1.